The van der Waals surface area contributed by atoms with Gasteiger partial charge in [0.15, 0.2) is 11.5 Å². The molecule has 3 aliphatic rings. The first-order valence-corrected chi connectivity index (χ1v) is 19.3. The molecule has 0 spiro atoms. The van der Waals surface area contributed by atoms with Gasteiger partial charge in [0.05, 0.1) is 17.8 Å². The third-order valence-electron chi connectivity index (χ3n) is 11.3. The standard InChI is InChI=1S/C44H44F2N4O6/c1-2-47-26-36(43(52)35-23-37(46)39(24-38(35)47)48-18-20-49(21-19-48)42(51)15-8-29-6-4-3-5-7-29)44(53)50-17-16-34(30-9-11-32(45)12-10-30)31(25-50)27-54-33-13-14-40-41(22-33)56-28-55-40/h3-7,9-14,22-24,26,31,34H,2,8,15-21,25,27-28H2,1H3/t31-,34-/m0/s1. The third-order valence-corrected chi connectivity index (χ3v) is 11.3. The summed E-state index contributed by atoms with van der Waals surface area (Å²) in [7, 11) is 0. The van der Waals surface area contributed by atoms with E-state index in [0.29, 0.717) is 93.5 Å². The number of likely N-dealkylation sites (tertiary alicyclic amines) is 1. The van der Waals surface area contributed by atoms with Crippen LogP contribution in [0.5, 0.6) is 17.2 Å². The number of piperazine rings is 1. The SMILES string of the molecule is CCn1cc(C(=O)N2CC[C@@H](c3ccc(F)cc3)[C@H](COc3ccc4c(c3)OCO4)C2)c(=O)c2cc(F)c(N3CCN(C(=O)CCc4ccccc4)CC3)cc21. The molecule has 2 saturated heterocycles. The smallest absolute Gasteiger partial charge is 0.259 e. The molecule has 0 unspecified atom stereocenters. The molecule has 0 N–H and O–H groups in total. The molecule has 0 radical (unpaired) electrons. The summed E-state index contributed by atoms with van der Waals surface area (Å²) in [6, 6.07) is 24.6. The van der Waals surface area contributed by atoms with Gasteiger partial charge in [-0.25, -0.2) is 8.78 Å². The predicted molar refractivity (Wildman–Crippen MR) is 209 cm³/mol. The van der Waals surface area contributed by atoms with E-state index in [1.165, 1.54) is 18.2 Å². The summed E-state index contributed by atoms with van der Waals surface area (Å²) in [5.41, 5.74) is 2.41. The Morgan fingerprint density at radius 2 is 1.62 bits per heavy atom. The molecule has 4 heterocycles. The summed E-state index contributed by atoms with van der Waals surface area (Å²) < 4.78 is 48.8. The van der Waals surface area contributed by atoms with Gasteiger partial charge in [0, 0.05) is 75.8 Å². The summed E-state index contributed by atoms with van der Waals surface area (Å²) in [6.45, 7) is 5.29. The van der Waals surface area contributed by atoms with Crippen molar-refractivity contribution in [3.63, 3.8) is 0 Å². The van der Waals surface area contributed by atoms with Crippen molar-refractivity contribution < 1.29 is 32.6 Å². The summed E-state index contributed by atoms with van der Waals surface area (Å²) in [6.07, 6.45) is 3.25. The number of aromatic nitrogens is 1. The van der Waals surface area contributed by atoms with Crippen molar-refractivity contribution in [2.45, 2.75) is 38.6 Å². The molecule has 4 aromatic carbocycles. The van der Waals surface area contributed by atoms with Gasteiger partial charge in [-0.15, -0.1) is 0 Å². The zero-order valence-corrected chi connectivity index (χ0v) is 31.3. The normalized spacial score (nSPS) is 18.0. The van der Waals surface area contributed by atoms with Crippen LogP contribution in [0.3, 0.4) is 0 Å². The zero-order valence-electron chi connectivity index (χ0n) is 31.3. The van der Waals surface area contributed by atoms with Crippen LogP contribution in [0.4, 0.5) is 14.5 Å². The molecule has 290 valence electrons. The van der Waals surface area contributed by atoms with Crippen molar-refractivity contribution in [1.29, 1.82) is 0 Å². The Labute approximate surface area is 323 Å². The monoisotopic (exact) mass is 762 g/mol. The van der Waals surface area contributed by atoms with Crippen LogP contribution in [0.25, 0.3) is 10.9 Å². The number of ether oxygens (including phenoxy) is 3. The van der Waals surface area contributed by atoms with Gasteiger partial charge in [-0.2, -0.15) is 0 Å². The number of aryl methyl sites for hydroxylation is 2. The van der Waals surface area contributed by atoms with E-state index in [4.69, 9.17) is 14.2 Å². The quantitative estimate of drug-likeness (QED) is 0.158. The van der Waals surface area contributed by atoms with E-state index in [0.717, 1.165) is 11.1 Å². The molecular formula is C44H44F2N4O6. The molecule has 56 heavy (non-hydrogen) atoms. The van der Waals surface area contributed by atoms with Gasteiger partial charge < -0.3 is 33.5 Å². The number of piperidine rings is 1. The maximum absolute atomic E-state index is 15.9. The maximum Gasteiger partial charge on any atom is 0.259 e. The number of benzene rings is 4. The van der Waals surface area contributed by atoms with E-state index in [2.05, 4.69) is 0 Å². The van der Waals surface area contributed by atoms with E-state index in [1.807, 2.05) is 51.6 Å². The highest BCUT2D eigenvalue weighted by atomic mass is 19.1. The van der Waals surface area contributed by atoms with E-state index >= 15 is 4.39 Å². The second kappa shape index (κ2) is 16.1. The number of carbonyl (C=O) groups is 2. The first kappa shape index (κ1) is 37.0. The summed E-state index contributed by atoms with van der Waals surface area (Å²) >= 11 is 0. The lowest BCUT2D eigenvalue weighted by molar-refractivity contribution is -0.131. The number of amides is 2. The Kier molecular flexibility index (Phi) is 10.6. The first-order valence-electron chi connectivity index (χ1n) is 19.3. The Morgan fingerprint density at radius 3 is 2.39 bits per heavy atom. The van der Waals surface area contributed by atoms with Gasteiger partial charge in [0.1, 0.15) is 22.9 Å². The van der Waals surface area contributed by atoms with E-state index < -0.39 is 17.2 Å². The second-order valence-electron chi connectivity index (χ2n) is 14.6. The van der Waals surface area contributed by atoms with E-state index in [-0.39, 0.29) is 47.9 Å². The number of carbonyl (C=O) groups excluding carboxylic acids is 2. The molecule has 8 rings (SSSR count). The fourth-order valence-corrected chi connectivity index (χ4v) is 8.18. The average Bonchev–Trinajstić information content (AvgIpc) is 3.71. The van der Waals surface area contributed by atoms with Crippen LogP contribution in [-0.2, 0) is 17.8 Å². The molecule has 3 aliphatic heterocycles. The molecular weight excluding hydrogens is 719 g/mol. The van der Waals surface area contributed by atoms with Crippen LogP contribution in [0, 0.1) is 17.6 Å². The van der Waals surface area contributed by atoms with Crippen LogP contribution in [0.2, 0.25) is 0 Å². The van der Waals surface area contributed by atoms with E-state index in [9.17, 15) is 18.8 Å². The lowest BCUT2D eigenvalue weighted by Gasteiger charge is -2.39. The molecule has 10 nitrogen and oxygen atoms in total. The summed E-state index contributed by atoms with van der Waals surface area (Å²) in [5, 5.41) is 0.137. The number of hydrogen-bond acceptors (Lipinski definition) is 7. The van der Waals surface area contributed by atoms with Gasteiger partial charge in [-0.3, -0.25) is 14.4 Å². The van der Waals surface area contributed by atoms with Crippen LogP contribution in [0.15, 0.2) is 95.9 Å². The van der Waals surface area contributed by atoms with Crippen LogP contribution in [0.1, 0.15) is 47.2 Å². The molecule has 12 heteroatoms. The van der Waals surface area contributed by atoms with Gasteiger partial charge >= 0.3 is 0 Å². The number of fused-ring (bicyclic) bond motifs is 2. The second-order valence-corrected chi connectivity index (χ2v) is 14.6. The summed E-state index contributed by atoms with van der Waals surface area (Å²) in [5.74, 6) is 0.381. The third kappa shape index (κ3) is 7.65. The molecule has 0 bridgehead atoms. The van der Waals surface area contributed by atoms with Crippen molar-refractivity contribution in [1.82, 2.24) is 14.4 Å². The van der Waals surface area contributed by atoms with Crippen molar-refractivity contribution in [2.24, 2.45) is 5.92 Å². The number of halogens is 2. The van der Waals surface area contributed by atoms with E-state index in [1.54, 1.807) is 47.5 Å². The topological polar surface area (TPSA) is 93.5 Å². The molecule has 2 fully saturated rings. The highest BCUT2D eigenvalue weighted by Crippen LogP contribution is 2.38. The number of anilines is 1. The molecule has 0 aliphatic carbocycles. The number of pyridine rings is 1. The predicted octanol–water partition coefficient (Wildman–Crippen LogP) is 6.63. The van der Waals surface area contributed by atoms with Crippen molar-refractivity contribution in [3.8, 4) is 17.2 Å². The Hall–Kier alpha value is -5.91. The molecule has 0 saturated carbocycles. The van der Waals surface area contributed by atoms with Gasteiger partial charge in [-0.1, -0.05) is 42.5 Å². The number of nitrogens with zero attached hydrogens (tertiary/aromatic N) is 4. The fourth-order valence-electron chi connectivity index (χ4n) is 8.18. The summed E-state index contributed by atoms with van der Waals surface area (Å²) in [4.78, 5) is 46.6. The van der Waals surface area contributed by atoms with Crippen molar-refractivity contribution >= 4 is 28.4 Å². The number of rotatable bonds is 10. The Balaban J connectivity index is 0.990. The number of hydrogen-bond donors (Lipinski definition) is 0. The highest BCUT2D eigenvalue weighted by Gasteiger charge is 2.35. The zero-order chi connectivity index (χ0) is 38.8. The largest absolute Gasteiger partial charge is 0.493 e. The maximum atomic E-state index is 15.9. The van der Waals surface area contributed by atoms with Crippen LogP contribution >= 0.6 is 0 Å². The first-order chi connectivity index (χ1) is 27.2. The Bertz CT molecular complexity index is 2290. The lowest BCUT2D eigenvalue weighted by atomic mass is 9.80. The Morgan fingerprint density at radius 1 is 0.857 bits per heavy atom. The van der Waals surface area contributed by atoms with Gasteiger partial charge in [0.25, 0.3) is 5.91 Å². The molecule has 5 aromatic rings. The highest BCUT2D eigenvalue weighted by molar-refractivity contribution is 5.98. The minimum absolute atomic E-state index is 0.0233. The van der Waals surface area contributed by atoms with Crippen LogP contribution < -0.4 is 24.5 Å². The van der Waals surface area contributed by atoms with Crippen molar-refractivity contribution in [2.75, 3.05) is 57.6 Å². The van der Waals surface area contributed by atoms with Gasteiger partial charge in [-0.05, 0) is 73.2 Å². The van der Waals surface area contributed by atoms with Crippen molar-refractivity contribution in [3.05, 3.63) is 130 Å². The average molecular weight is 763 g/mol. The van der Waals surface area contributed by atoms with Gasteiger partial charge in [0.2, 0.25) is 18.1 Å². The minimum Gasteiger partial charge on any atom is -0.493 e. The molecule has 2 atom stereocenters. The molecule has 1 aromatic heterocycles. The molecule has 2 amide bonds. The van der Waals surface area contributed by atoms with Crippen LogP contribution in [-0.4, -0.2) is 78.8 Å². The minimum atomic E-state index is -0.549. The fraction of sp³-hybridized carbons (Fsp3) is 0.341. The lowest BCUT2D eigenvalue weighted by Crippen LogP contribution is -2.49.